The van der Waals surface area contributed by atoms with Crippen molar-refractivity contribution >= 4 is 16.7 Å². The van der Waals surface area contributed by atoms with Crippen molar-refractivity contribution in [3.05, 3.63) is 66.7 Å². The van der Waals surface area contributed by atoms with Crippen molar-refractivity contribution in [1.29, 1.82) is 0 Å². The van der Waals surface area contributed by atoms with Gasteiger partial charge in [-0.3, -0.25) is 0 Å². The van der Waals surface area contributed by atoms with Crippen molar-refractivity contribution in [3.8, 4) is 17.2 Å². The van der Waals surface area contributed by atoms with Crippen LogP contribution in [0.15, 0.2) is 66.7 Å². The zero-order valence-corrected chi connectivity index (χ0v) is 12.3. The normalized spacial score (nSPS) is 16.1. The SMILES string of the molecule is O=C(Oc1ccc2ccccc2c1)[C@@H]1COc2ccccc2O1. The topological polar surface area (TPSA) is 44.8 Å². The molecule has 0 N–H and O–H groups in total. The summed E-state index contributed by atoms with van der Waals surface area (Å²) in [5.41, 5.74) is 0. The maximum atomic E-state index is 12.3. The number of hydrogen-bond acceptors (Lipinski definition) is 4. The van der Waals surface area contributed by atoms with Crippen LogP contribution in [0.2, 0.25) is 0 Å². The molecule has 23 heavy (non-hydrogen) atoms. The molecule has 1 aliphatic heterocycles. The summed E-state index contributed by atoms with van der Waals surface area (Å²) in [6, 6.07) is 20.7. The van der Waals surface area contributed by atoms with E-state index < -0.39 is 12.1 Å². The van der Waals surface area contributed by atoms with Crippen LogP contribution in [0.5, 0.6) is 17.2 Å². The molecule has 0 saturated heterocycles. The number of fused-ring (bicyclic) bond motifs is 2. The summed E-state index contributed by atoms with van der Waals surface area (Å²) >= 11 is 0. The van der Waals surface area contributed by atoms with E-state index in [1.165, 1.54) is 0 Å². The predicted octanol–water partition coefficient (Wildman–Crippen LogP) is 3.59. The zero-order valence-electron chi connectivity index (χ0n) is 12.3. The van der Waals surface area contributed by atoms with Crippen LogP contribution in [0.1, 0.15) is 0 Å². The van der Waals surface area contributed by atoms with Crippen LogP contribution in [-0.2, 0) is 4.79 Å². The van der Waals surface area contributed by atoms with Crippen LogP contribution >= 0.6 is 0 Å². The lowest BCUT2D eigenvalue weighted by Gasteiger charge is -2.24. The monoisotopic (exact) mass is 306 g/mol. The molecule has 3 aromatic carbocycles. The van der Waals surface area contributed by atoms with Crippen LogP contribution in [-0.4, -0.2) is 18.7 Å². The molecule has 1 heterocycles. The Morgan fingerprint density at radius 1 is 0.913 bits per heavy atom. The molecule has 4 rings (SSSR count). The lowest BCUT2D eigenvalue weighted by Crippen LogP contribution is -2.39. The Morgan fingerprint density at radius 3 is 2.52 bits per heavy atom. The first-order valence-corrected chi connectivity index (χ1v) is 7.38. The largest absolute Gasteiger partial charge is 0.485 e. The molecule has 0 amide bonds. The van der Waals surface area contributed by atoms with Gasteiger partial charge >= 0.3 is 5.97 Å². The molecule has 3 aromatic rings. The Morgan fingerprint density at radius 2 is 1.65 bits per heavy atom. The number of rotatable bonds is 2. The van der Waals surface area contributed by atoms with E-state index >= 15 is 0 Å². The van der Waals surface area contributed by atoms with Crippen molar-refractivity contribution in [3.63, 3.8) is 0 Å². The summed E-state index contributed by atoms with van der Waals surface area (Å²) < 4.78 is 16.6. The van der Waals surface area contributed by atoms with Gasteiger partial charge in [0.15, 0.2) is 11.5 Å². The molecule has 1 atom stereocenters. The Bertz CT molecular complexity index is 872. The third kappa shape index (κ3) is 2.71. The Kier molecular flexibility index (Phi) is 3.35. The number of carbonyl (C=O) groups excluding carboxylic acids is 1. The van der Waals surface area contributed by atoms with Gasteiger partial charge in [0.1, 0.15) is 12.4 Å². The van der Waals surface area contributed by atoms with Gasteiger partial charge in [-0.2, -0.15) is 0 Å². The molecule has 0 aliphatic carbocycles. The molecule has 4 nitrogen and oxygen atoms in total. The second-order valence-electron chi connectivity index (χ2n) is 5.29. The zero-order chi connectivity index (χ0) is 15.6. The van der Waals surface area contributed by atoms with Crippen molar-refractivity contribution in [1.82, 2.24) is 0 Å². The molecule has 0 aromatic heterocycles. The van der Waals surface area contributed by atoms with Gasteiger partial charge in [0.05, 0.1) is 0 Å². The quantitative estimate of drug-likeness (QED) is 0.536. The van der Waals surface area contributed by atoms with Gasteiger partial charge in [0.25, 0.3) is 0 Å². The lowest BCUT2D eigenvalue weighted by molar-refractivity contribution is -0.144. The highest BCUT2D eigenvalue weighted by Crippen LogP contribution is 2.31. The number of esters is 1. The highest BCUT2D eigenvalue weighted by Gasteiger charge is 2.29. The van der Waals surface area contributed by atoms with Gasteiger partial charge in [-0.1, -0.05) is 42.5 Å². The number of benzene rings is 3. The molecular formula is C19H14O4. The molecule has 1 aliphatic rings. The Hall–Kier alpha value is -3.01. The standard InChI is InChI=1S/C19H14O4/c20-19(18-12-21-16-7-3-4-8-17(16)23-18)22-15-10-9-13-5-1-2-6-14(13)11-15/h1-11,18H,12H2/t18-/m0/s1. The van der Waals surface area contributed by atoms with E-state index in [0.29, 0.717) is 17.2 Å². The van der Waals surface area contributed by atoms with E-state index in [1.54, 1.807) is 18.2 Å². The average molecular weight is 306 g/mol. The second kappa shape index (κ2) is 5.65. The third-order valence-corrected chi connectivity index (χ3v) is 3.71. The van der Waals surface area contributed by atoms with Gasteiger partial charge in [0, 0.05) is 0 Å². The number of para-hydroxylation sites is 2. The molecule has 0 unspecified atom stereocenters. The average Bonchev–Trinajstić information content (AvgIpc) is 2.61. The fourth-order valence-electron chi connectivity index (χ4n) is 2.55. The van der Waals surface area contributed by atoms with E-state index in [4.69, 9.17) is 14.2 Å². The smallest absolute Gasteiger partial charge is 0.356 e. The minimum atomic E-state index is -0.767. The fourth-order valence-corrected chi connectivity index (χ4v) is 2.55. The van der Waals surface area contributed by atoms with Crippen LogP contribution in [0, 0.1) is 0 Å². The maximum absolute atomic E-state index is 12.3. The highest BCUT2D eigenvalue weighted by molar-refractivity contribution is 5.85. The summed E-state index contributed by atoms with van der Waals surface area (Å²) in [6.07, 6.45) is -0.767. The number of carbonyl (C=O) groups is 1. The first-order valence-electron chi connectivity index (χ1n) is 7.38. The molecule has 114 valence electrons. The first kappa shape index (κ1) is 13.6. The van der Waals surface area contributed by atoms with Gasteiger partial charge in [0.2, 0.25) is 6.10 Å². The predicted molar refractivity (Wildman–Crippen MR) is 85.9 cm³/mol. The summed E-state index contributed by atoms with van der Waals surface area (Å²) in [5, 5.41) is 2.11. The molecule has 0 bridgehead atoms. The van der Waals surface area contributed by atoms with Crippen molar-refractivity contribution in [2.24, 2.45) is 0 Å². The summed E-state index contributed by atoms with van der Waals surface area (Å²) in [6.45, 7) is 0.142. The van der Waals surface area contributed by atoms with E-state index in [9.17, 15) is 4.79 Å². The summed E-state index contributed by atoms with van der Waals surface area (Å²) in [7, 11) is 0. The fraction of sp³-hybridized carbons (Fsp3) is 0.105. The molecular weight excluding hydrogens is 292 g/mol. The molecule has 0 fully saturated rings. The molecule has 0 radical (unpaired) electrons. The maximum Gasteiger partial charge on any atom is 0.356 e. The van der Waals surface area contributed by atoms with Crippen molar-refractivity contribution in [2.75, 3.05) is 6.61 Å². The van der Waals surface area contributed by atoms with Crippen LogP contribution in [0.25, 0.3) is 10.8 Å². The van der Waals surface area contributed by atoms with E-state index in [1.807, 2.05) is 48.5 Å². The van der Waals surface area contributed by atoms with Gasteiger partial charge in [-0.25, -0.2) is 4.79 Å². The van der Waals surface area contributed by atoms with E-state index in [2.05, 4.69) is 0 Å². The van der Waals surface area contributed by atoms with E-state index in [0.717, 1.165) is 10.8 Å². The van der Waals surface area contributed by atoms with E-state index in [-0.39, 0.29) is 6.61 Å². The van der Waals surface area contributed by atoms with Gasteiger partial charge in [-0.05, 0) is 35.0 Å². The molecule has 0 spiro atoms. The van der Waals surface area contributed by atoms with Gasteiger partial charge in [-0.15, -0.1) is 0 Å². The Labute approximate surface area is 133 Å². The molecule has 4 heteroatoms. The van der Waals surface area contributed by atoms with Crippen molar-refractivity contribution in [2.45, 2.75) is 6.10 Å². The third-order valence-electron chi connectivity index (χ3n) is 3.71. The number of hydrogen-bond donors (Lipinski definition) is 0. The Balaban J connectivity index is 1.51. The van der Waals surface area contributed by atoms with Crippen LogP contribution < -0.4 is 14.2 Å². The highest BCUT2D eigenvalue weighted by atomic mass is 16.6. The molecule has 0 saturated carbocycles. The lowest BCUT2D eigenvalue weighted by atomic mass is 10.1. The summed E-state index contributed by atoms with van der Waals surface area (Å²) in [4.78, 5) is 12.3. The minimum absolute atomic E-state index is 0.142. The first-order chi connectivity index (χ1) is 11.3. The summed E-state index contributed by atoms with van der Waals surface area (Å²) in [5.74, 6) is 1.23. The van der Waals surface area contributed by atoms with Crippen molar-refractivity contribution < 1.29 is 19.0 Å². The van der Waals surface area contributed by atoms with Crippen LogP contribution in [0.4, 0.5) is 0 Å². The second-order valence-corrected chi connectivity index (χ2v) is 5.29. The van der Waals surface area contributed by atoms with Crippen LogP contribution in [0.3, 0.4) is 0 Å². The number of ether oxygens (including phenoxy) is 3. The minimum Gasteiger partial charge on any atom is -0.485 e. The van der Waals surface area contributed by atoms with Gasteiger partial charge < -0.3 is 14.2 Å².